The number of unbranched alkanes of at least 4 members (excludes halogenated alkanes) is 24. The van der Waals surface area contributed by atoms with Gasteiger partial charge in [0.15, 0.2) is 0 Å². The minimum atomic E-state index is -0.678. The van der Waals surface area contributed by atoms with E-state index in [4.69, 9.17) is 4.74 Å². The molecule has 47 heavy (non-hydrogen) atoms. The van der Waals surface area contributed by atoms with E-state index in [-0.39, 0.29) is 18.5 Å². The molecule has 0 fully saturated rings. The van der Waals surface area contributed by atoms with Crippen molar-refractivity contribution in [3.05, 3.63) is 12.2 Å². The van der Waals surface area contributed by atoms with Crippen LogP contribution in [0, 0.1) is 0 Å². The quantitative estimate of drug-likeness (QED) is 0.0349. The molecule has 6 nitrogen and oxygen atoms in total. The molecule has 0 aromatic carbocycles. The molecule has 6 heteroatoms. The highest BCUT2D eigenvalue weighted by Crippen LogP contribution is 2.15. The maximum absolute atomic E-state index is 12.3. The summed E-state index contributed by atoms with van der Waals surface area (Å²) in [5.74, 6) is -0.103. The topological polar surface area (TPSA) is 95.9 Å². The van der Waals surface area contributed by atoms with Crippen LogP contribution in [0.3, 0.4) is 0 Å². The molecule has 0 aromatic heterocycles. The van der Waals surface area contributed by atoms with Gasteiger partial charge in [-0.15, -0.1) is 0 Å². The molecule has 2 unspecified atom stereocenters. The maximum Gasteiger partial charge on any atom is 0.305 e. The number of aliphatic hydroxyl groups is 2. The zero-order valence-corrected chi connectivity index (χ0v) is 31.3. The van der Waals surface area contributed by atoms with Gasteiger partial charge in [-0.2, -0.15) is 0 Å². The molecule has 0 aliphatic carbocycles. The molecular weight excluding hydrogens is 586 g/mol. The number of carbonyl (C=O) groups excluding carboxylic acids is 2. The fourth-order valence-electron chi connectivity index (χ4n) is 6.09. The molecule has 0 radical (unpaired) electrons. The predicted molar refractivity (Wildman–Crippen MR) is 200 cm³/mol. The van der Waals surface area contributed by atoms with E-state index < -0.39 is 12.1 Å². The van der Waals surface area contributed by atoms with Gasteiger partial charge in [0.05, 0.1) is 25.4 Å². The average molecular weight is 666 g/mol. The van der Waals surface area contributed by atoms with E-state index in [9.17, 15) is 19.8 Å². The fourth-order valence-corrected chi connectivity index (χ4v) is 6.09. The number of ether oxygens (including phenoxy) is 1. The van der Waals surface area contributed by atoms with Gasteiger partial charge < -0.3 is 20.3 Å². The minimum absolute atomic E-state index is 0.0371. The van der Waals surface area contributed by atoms with Crippen LogP contribution in [0.5, 0.6) is 0 Å². The van der Waals surface area contributed by atoms with E-state index in [1.807, 2.05) is 0 Å². The SMILES string of the molecule is CCCC/C=C\CCCCCCCC(=O)OCCCCCCCCCCCC(=O)NC(CO)C(O)CCCCCCCCCCCC. The average Bonchev–Trinajstić information content (AvgIpc) is 3.07. The van der Waals surface area contributed by atoms with Gasteiger partial charge in [0.2, 0.25) is 5.91 Å². The maximum atomic E-state index is 12.3. The molecule has 278 valence electrons. The summed E-state index contributed by atoms with van der Waals surface area (Å²) < 4.78 is 5.41. The van der Waals surface area contributed by atoms with Gasteiger partial charge >= 0.3 is 5.97 Å². The van der Waals surface area contributed by atoms with Crippen LogP contribution >= 0.6 is 0 Å². The van der Waals surface area contributed by atoms with Gasteiger partial charge in [-0.3, -0.25) is 9.59 Å². The molecule has 0 bridgehead atoms. The molecule has 0 aliphatic rings. The first kappa shape index (κ1) is 45.6. The Morgan fingerprint density at radius 3 is 1.57 bits per heavy atom. The van der Waals surface area contributed by atoms with Crippen LogP contribution in [-0.2, 0) is 14.3 Å². The predicted octanol–water partition coefficient (Wildman–Crippen LogP) is 11.1. The zero-order chi connectivity index (χ0) is 34.5. The van der Waals surface area contributed by atoms with Crippen molar-refractivity contribution in [3.63, 3.8) is 0 Å². The van der Waals surface area contributed by atoms with Gasteiger partial charge in [-0.25, -0.2) is 0 Å². The van der Waals surface area contributed by atoms with Crippen molar-refractivity contribution in [2.45, 2.75) is 225 Å². The molecule has 0 saturated heterocycles. The highest BCUT2D eigenvalue weighted by Gasteiger charge is 2.20. The first-order valence-electron chi connectivity index (χ1n) is 20.4. The second kappa shape index (κ2) is 37.4. The molecule has 0 heterocycles. The lowest BCUT2D eigenvalue weighted by Crippen LogP contribution is -2.45. The summed E-state index contributed by atoms with van der Waals surface area (Å²) in [5, 5.41) is 23.0. The third-order valence-corrected chi connectivity index (χ3v) is 9.31. The van der Waals surface area contributed by atoms with E-state index in [0.29, 0.717) is 25.9 Å². The normalized spacial score (nSPS) is 12.9. The lowest BCUT2D eigenvalue weighted by Gasteiger charge is -2.22. The standard InChI is InChI=1S/C41H79NO5/c1-3-5-7-9-11-13-15-19-23-27-31-35-41(46)47-36-32-28-24-20-16-18-22-26-30-34-40(45)42-38(37-43)39(44)33-29-25-21-17-14-12-10-8-6-4-2/h9,11,38-39,43-44H,3-8,10,12-37H2,1-2H3,(H,42,45)/b11-9-. The van der Waals surface area contributed by atoms with Crippen LogP contribution in [0.4, 0.5) is 0 Å². The van der Waals surface area contributed by atoms with Crippen LogP contribution in [0.25, 0.3) is 0 Å². The molecule has 0 rings (SSSR count). The van der Waals surface area contributed by atoms with Crippen LogP contribution < -0.4 is 5.32 Å². The Morgan fingerprint density at radius 1 is 0.574 bits per heavy atom. The molecule has 3 N–H and O–H groups in total. The largest absolute Gasteiger partial charge is 0.466 e. The van der Waals surface area contributed by atoms with Crippen molar-refractivity contribution in [1.82, 2.24) is 5.32 Å². The van der Waals surface area contributed by atoms with Gasteiger partial charge in [0.1, 0.15) is 0 Å². The zero-order valence-electron chi connectivity index (χ0n) is 31.3. The molecule has 0 aliphatic heterocycles. The molecule has 0 saturated carbocycles. The van der Waals surface area contributed by atoms with Crippen molar-refractivity contribution in [1.29, 1.82) is 0 Å². The van der Waals surface area contributed by atoms with Crippen LogP contribution in [0.1, 0.15) is 213 Å². The van der Waals surface area contributed by atoms with Crippen LogP contribution in [-0.4, -0.2) is 47.4 Å². The number of rotatable bonds is 37. The number of allylic oxidation sites excluding steroid dienone is 2. The van der Waals surface area contributed by atoms with Gasteiger partial charge in [-0.05, 0) is 44.9 Å². The van der Waals surface area contributed by atoms with Crippen molar-refractivity contribution < 1.29 is 24.5 Å². The number of esters is 1. The Hall–Kier alpha value is -1.40. The summed E-state index contributed by atoms with van der Waals surface area (Å²) in [4.78, 5) is 24.3. The Bertz CT molecular complexity index is 697. The van der Waals surface area contributed by atoms with E-state index in [1.165, 1.54) is 122 Å². The summed E-state index contributed by atoms with van der Waals surface area (Å²) in [6.07, 6.45) is 38.7. The van der Waals surface area contributed by atoms with Crippen LogP contribution in [0.2, 0.25) is 0 Å². The number of hydrogen-bond acceptors (Lipinski definition) is 5. The molecule has 0 aromatic rings. The van der Waals surface area contributed by atoms with Crippen molar-refractivity contribution in [2.75, 3.05) is 13.2 Å². The molecular formula is C41H79NO5. The first-order chi connectivity index (χ1) is 23.0. The third kappa shape index (κ3) is 34.3. The second-order valence-electron chi connectivity index (χ2n) is 14.0. The molecule has 0 spiro atoms. The number of nitrogens with one attached hydrogen (secondary N) is 1. The van der Waals surface area contributed by atoms with E-state index in [0.717, 1.165) is 57.8 Å². The van der Waals surface area contributed by atoms with E-state index in [1.54, 1.807) is 0 Å². The summed E-state index contributed by atoms with van der Waals surface area (Å²) in [7, 11) is 0. The Labute approximate surface area is 291 Å². The summed E-state index contributed by atoms with van der Waals surface area (Å²) in [6, 6.07) is -0.558. The number of hydrogen-bond donors (Lipinski definition) is 3. The lowest BCUT2D eigenvalue weighted by atomic mass is 10.0. The summed E-state index contributed by atoms with van der Waals surface area (Å²) in [6.45, 7) is 4.81. The number of aliphatic hydroxyl groups excluding tert-OH is 2. The highest BCUT2D eigenvalue weighted by atomic mass is 16.5. The first-order valence-corrected chi connectivity index (χ1v) is 20.4. The molecule has 1 amide bonds. The minimum Gasteiger partial charge on any atom is -0.466 e. The molecule has 2 atom stereocenters. The lowest BCUT2D eigenvalue weighted by molar-refractivity contribution is -0.143. The van der Waals surface area contributed by atoms with E-state index in [2.05, 4.69) is 31.3 Å². The number of carbonyl (C=O) groups is 2. The van der Waals surface area contributed by atoms with Gasteiger partial charge in [0, 0.05) is 12.8 Å². The summed E-state index contributed by atoms with van der Waals surface area (Å²) >= 11 is 0. The van der Waals surface area contributed by atoms with Crippen molar-refractivity contribution >= 4 is 11.9 Å². The third-order valence-electron chi connectivity index (χ3n) is 9.31. The highest BCUT2D eigenvalue weighted by molar-refractivity contribution is 5.76. The smallest absolute Gasteiger partial charge is 0.305 e. The van der Waals surface area contributed by atoms with Crippen molar-refractivity contribution in [3.8, 4) is 0 Å². The Kier molecular flexibility index (Phi) is 36.3. The van der Waals surface area contributed by atoms with Crippen LogP contribution in [0.15, 0.2) is 12.2 Å². The summed E-state index contributed by atoms with van der Waals surface area (Å²) in [5.41, 5.74) is 0. The number of amides is 1. The van der Waals surface area contributed by atoms with Gasteiger partial charge in [0.25, 0.3) is 0 Å². The van der Waals surface area contributed by atoms with Gasteiger partial charge in [-0.1, -0.05) is 167 Å². The monoisotopic (exact) mass is 666 g/mol. The Balaban J connectivity index is 3.51. The van der Waals surface area contributed by atoms with E-state index >= 15 is 0 Å². The van der Waals surface area contributed by atoms with Crippen molar-refractivity contribution in [2.24, 2.45) is 0 Å². The second-order valence-corrected chi connectivity index (χ2v) is 14.0. The fraction of sp³-hybridized carbons (Fsp3) is 0.902. The Morgan fingerprint density at radius 2 is 1.02 bits per heavy atom.